The molecule has 1 aromatic rings. The van der Waals surface area contributed by atoms with Crippen molar-refractivity contribution in [2.75, 3.05) is 18.0 Å². The molecule has 0 N–H and O–H groups in total. The van der Waals surface area contributed by atoms with Crippen molar-refractivity contribution in [3.8, 4) is 0 Å². The molecule has 5 heteroatoms. The first-order valence-corrected chi connectivity index (χ1v) is 8.31. The fourth-order valence-electron chi connectivity index (χ4n) is 3.03. The number of rotatable bonds is 4. The van der Waals surface area contributed by atoms with E-state index in [1.807, 2.05) is 17.9 Å². The fraction of sp³-hybridized carbons (Fsp3) is 0.611. The molecule has 0 bridgehead atoms. The Morgan fingerprint density at radius 2 is 1.83 bits per heavy atom. The van der Waals surface area contributed by atoms with Gasteiger partial charge in [-0.25, -0.2) is 13.2 Å². The molecule has 3 rings (SSSR count). The molecule has 0 atom stereocenters. The lowest BCUT2D eigenvalue weighted by molar-refractivity contribution is 0.0179. The Labute approximate surface area is 135 Å². The monoisotopic (exact) mass is 324 g/mol. The summed E-state index contributed by atoms with van der Waals surface area (Å²) in [6.45, 7) is 3.77. The van der Waals surface area contributed by atoms with Crippen LogP contribution in [0.1, 0.15) is 50.7 Å². The van der Waals surface area contributed by atoms with E-state index < -0.39 is 12.1 Å². The zero-order valence-electron chi connectivity index (χ0n) is 13.7. The third kappa shape index (κ3) is 3.88. The van der Waals surface area contributed by atoms with Gasteiger partial charge in [-0.3, -0.25) is 4.99 Å². The lowest BCUT2D eigenvalue weighted by atomic mass is 9.99. The first-order valence-electron chi connectivity index (χ1n) is 8.31. The van der Waals surface area contributed by atoms with Gasteiger partial charge in [-0.2, -0.15) is 0 Å². The van der Waals surface area contributed by atoms with Crippen LogP contribution < -0.4 is 4.90 Å². The highest BCUT2D eigenvalue weighted by molar-refractivity contribution is 5.99. The summed E-state index contributed by atoms with van der Waals surface area (Å²) >= 11 is 0. The maximum Gasteiger partial charge on any atom is 0.272 e. The Kier molecular flexibility index (Phi) is 4.39. The highest BCUT2D eigenvalue weighted by atomic mass is 19.3. The van der Waals surface area contributed by atoms with Crippen LogP contribution in [0.2, 0.25) is 0 Å². The van der Waals surface area contributed by atoms with Gasteiger partial charge in [0.1, 0.15) is 6.17 Å². The third-order valence-corrected chi connectivity index (χ3v) is 4.58. The molecule has 2 fully saturated rings. The van der Waals surface area contributed by atoms with Crippen LogP contribution in [-0.4, -0.2) is 31.0 Å². The number of anilines is 1. The van der Waals surface area contributed by atoms with Crippen LogP contribution in [-0.2, 0) is 5.92 Å². The second-order valence-electron chi connectivity index (χ2n) is 6.73. The van der Waals surface area contributed by atoms with Gasteiger partial charge in [-0.1, -0.05) is 6.07 Å². The van der Waals surface area contributed by atoms with Crippen molar-refractivity contribution >= 4 is 11.4 Å². The van der Waals surface area contributed by atoms with Gasteiger partial charge >= 0.3 is 0 Å². The second-order valence-corrected chi connectivity index (χ2v) is 6.73. The number of halogens is 3. The molecule has 1 aromatic carbocycles. The van der Waals surface area contributed by atoms with Gasteiger partial charge in [-0.15, -0.1) is 0 Å². The predicted molar refractivity (Wildman–Crippen MR) is 87.6 cm³/mol. The number of aliphatic imine (C=N–C) groups is 1. The molecular weight excluding hydrogens is 301 g/mol. The molecule has 0 unspecified atom stereocenters. The molecular formula is C18H23F3N2. The number of piperidine rings is 1. The zero-order valence-corrected chi connectivity index (χ0v) is 13.7. The molecule has 0 radical (unpaired) electrons. The molecule has 1 heterocycles. The lowest BCUT2D eigenvalue weighted by Gasteiger charge is -2.33. The van der Waals surface area contributed by atoms with Crippen molar-refractivity contribution in [1.29, 1.82) is 0 Å². The largest absolute Gasteiger partial charge is 0.371 e. The van der Waals surface area contributed by atoms with E-state index in [2.05, 4.69) is 4.99 Å². The summed E-state index contributed by atoms with van der Waals surface area (Å²) in [6, 6.07) is 5.52. The van der Waals surface area contributed by atoms with E-state index in [0.717, 1.165) is 31.0 Å². The van der Waals surface area contributed by atoms with Crippen molar-refractivity contribution in [3.63, 3.8) is 0 Å². The average molecular weight is 324 g/mol. The van der Waals surface area contributed by atoms with E-state index in [4.69, 9.17) is 0 Å². The van der Waals surface area contributed by atoms with Gasteiger partial charge in [0.2, 0.25) is 0 Å². The molecule has 126 valence electrons. The Bertz CT molecular complexity index is 595. The number of hydrogen-bond donors (Lipinski definition) is 0. The quantitative estimate of drug-likeness (QED) is 0.733. The van der Waals surface area contributed by atoms with Crippen molar-refractivity contribution in [2.45, 2.75) is 57.7 Å². The van der Waals surface area contributed by atoms with E-state index in [0.29, 0.717) is 37.7 Å². The predicted octanol–water partition coefficient (Wildman–Crippen LogP) is 4.71. The molecule has 1 saturated heterocycles. The van der Waals surface area contributed by atoms with Crippen LogP contribution in [0.5, 0.6) is 0 Å². The average Bonchev–Trinajstić information content (AvgIpc) is 3.30. The molecule has 0 aromatic heterocycles. The summed E-state index contributed by atoms with van der Waals surface area (Å²) < 4.78 is 41.6. The molecule has 0 amide bonds. The molecule has 23 heavy (non-hydrogen) atoms. The van der Waals surface area contributed by atoms with Gasteiger partial charge in [0, 0.05) is 37.0 Å². The minimum absolute atomic E-state index is 0.0117. The van der Waals surface area contributed by atoms with Gasteiger partial charge in [0.25, 0.3) is 5.92 Å². The lowest BCUT2D eigenvalue weighted by Crippen LogP contribution is -2.35. The molecule has 1 aliphatic carbocycles. The summed E-state index contributed by atoms with van der Waals surface area (Å²) in [7, 11) is 0. The minimum Gasteiger partial charge on any atom is -0.371 e. The van der Waals surface area contributed by atoms with Crippen LogP contribution >= 0.6 is 0 Å². The van der Waals surface area contributed by atoms with Crippen molar-refractivity contribution in [1.82, 2.24) is 0 Å². The molecule has 2 aliphatic rings. The highest BCUT2D eigenvalue weighted by Gasteiger charge is 2.31. The van der Waals surface area contributed by atoms with E-state index in [9.17, 15) is 13.2 Å². The van der Waals surface area contributed by atoms with E-state index in [1.165, 1.54) is 0 Å². The Morgan fingerprint density at radius 3 is 2.39 bits per heavy atom. The Hall–Kier alpha value is -1.52. The van der Waals surface area contributed by atoms with Crippen LogP contribution in [0.3, 0.4) is 0 Å². The normalized spacial score (nSPS) is 20.9. The smallest absolute Gasteiger partial charge is 0.272 e. The van der Waals surface area contributed by atoms with E-state index in [1.54, 1.807) is 12.1 Å². The number of nitrogens with zero attached hydrogens (tertiary/aromatic N) is 2. The molecule has 1 saturated carbocycles. The highest BCUT2D eigenvalue weighted by Crippen LogP contribution is 2.37. The van der Waals surface area contributed by atoms with E-state index >= 15 is 0 Å². The fourth-order valence-corrected chi connectivity index (χ4v) is 3.03. The van der Waals surface area contributed by atoms with Gasteiger partial charge in [0.15, 0.2) is 0 Å². The first-order chi connectivity index (χ1) is 10.8. The standard InChI is InChI=1S/C18H23F3N2/c1-12(22-15-4-5-15)13-3-6-17(16(11-13)18(2,20)21)23-9-7-14(19)8-10-23/h3,6,11,14-15H,4-5,7-10H2,1-2H3. The van der Waals surface area contributed by atoms with Crippen LogP contribution in [0.15, 0.2) is 23.2 Å². The molecule has 1 aliphatic heterocycles. The SMILES string of the molecule is CC(=NC1CC1)c1ccc(N2CCC(F)CC2)c(C(C)(F)F)c1. The van der Waals surface area contributed by atoms with Crippen molar-refractivity contribution in [3.05, 3.63) is 29.3 Å². The summed E-state index contributed by atoms with van der Waals surface area (Å²) in [4.78, 5) is 6.42. The minimum atomic E-state index is -2.93. The second kappa shape index (κ2) is 6.17. The Morgan fingerprint density at radius 1 is 1.17 bits per heavy atom. The summed E-state index contributed by atoms with van der Waals surface area (Å²) in [5, 5.41) is 0. The number of alkyl halides is 3. The number of hydrogen-bond acceptors (Lipinski definition) is 2. The summed E-state index contributed by atoms with van der Waals surface area (Å²) in [6.07, 6.45) is 2.16. The van der Waals surface area contributed by atoms with Gasteiger partial charge in [-0.05, 0) is 50.3 Å². The maximum absolute atomic E-state index is 14.1. The van der Waals surface area contributed by atoms with Crippen molar-refractivity contribution < 1.29 is 13.2 Å². The topological polar surface area (TPSA) is 15.6 Å². The number of benzene rings is 1. The zero-order chi connectivity index (χ0) is 16.6. The van der Waals surface area contributed by atoms with Crippen LogP contribution in [0.25, 0.3) is 0 Å². The third-order valence-electron chi connectivity index (χ3n) is 4.58. The molecule has 2 nitrogen and oxygen atoms in total. The van der Waals surface area contributed by atoms with E-state index in [-0.39, 0.29) is 5.56 Å². The van der Waals surface area contributed by atoms with Crippen LogP contribution in [0, 0.1) is 0 Å². The van der Waals surface area contributed by atoms with Gasteiger partial charge in [0.05, 0.1) is 6.04 Å². The summed E-state index contributed by atoms with van der Waals surface area (Å²) in [5.74, 6) is -2.93. The van der Waals surface area contributed by atoms with Crippen LogP contribution in [0.4, 0.5) is 18.9 Å². The first kappa shape index (κ1) is 16.3. The van der Waals surface area contributed by atoms with Crippen molar-refractivity contribution in [2.24, 2.45) is 4.99 Å². The van der Waals surface area contributed by atoms with Gasteiger partial charge < -0.3 is 4.90 Å². The summed E-state index contributed by atoms with van der Waals surface area (Å²) in [5.41, 5.74) is 2.09. The molecule has 0 spiro atoms. The Balaban J connectivity index is 1.92. The maximum atomic E-state index is 14.1.